The number of rotatable bonds is 4. The second kappa shape index (κ2) is 7.08. The summed E-state index contributed by atoms with van der Waals surface area (Å²) >= 11 is 0.754. The van der Waals surface area contributed by atoms with Crippen molar-refractivity contribution in [1.82, 2.24) is 4.98 Å². The third-order valence-electron chi connectivity index (χ3n) is 3.09. The first-order chi connectivity index (χ1) is 12.0. The van der Waals surface area contributed by atoms with Crippen molar-refractivity contribution < 1.29 is 19.2 Å². The van der Waals surface area contributed by atoms with Crippen LogP contribution in [-0.4, -0.2) is 27.4 Å². The predicted octanol–water partition coefficient (Wildman–Crippen LogP) is 3.15. The zero-order valence-corrected chi connectivity index (χ0v) is 15.5. The van der Waals surface area contributed by atoms with E-state index in [9.17, 15) is 19.7 Å². The first kappa shape index (κ1) is 19.3. The van der Waals surface area contributed by atoms with Crippen LogP contribution in [0.2, 0.25) is 0 Å². The van der Waals surface area contributed by atoms with Gasteiger partial charge >= 0.3 is 11.0 Å². The quantitative estimate of drug-likeness (QED) is 0.361. The molecule has 3 N–H and O–H groups in total. The largest absolute Gasteiger partial charge is 0.456 e. The SMILES string of the molecule is Cc1nc(NC(=O)c2ccc(C(=O)OC(C)(C)C)cc2N)sc1[N+](=O)[O-]. The molecule has 0 aliphatic heterocycles. The van der Waals surface area contributed by atoms with Gasteiger partial charge in [0.05, 0.1) is 16.1 Å². The van der Waals surface area contributed by atoms with Gasteiger partial charge in [0.1, 0.15) is 11.3 Å². The summed E-state index contributed by atoms with van der Waals surface area (Å²) < 4.78 is 5.25. The monoisotopic (exact) mass is 378 g/mol. The van der Waals surface area contributed by atoms with Crippen molar-refractivity contribution >= 4 is 39.0 Å². The average molecular weight is 378 g/mol. The molecule has 0 saturated heterocycles. The van der Waals surface area contributed by atoms with Gasteiger partial charge in [0.25, 0.3) is 5.91 Å². The molecule has 0 saturated carbocycles. The molecule has 0 atom stereocenters. The standard InChI is InChI=1S/C16H18N4O5S/c1-8-13(20(23)24)26-15(18-8)19-12(21)10-6-5-9(7-11(10)17)14(22)25-16(2,3)4/h5-7H,17H2,1-4H3,(H,18,19,21). The number of benzene rings is 1. The highest BCUT2D eigenvalue weighted by Crippen LogP contribution is 2.30. The molecular formula is C16H18N4O5S. The summed E-state index contributed by atoms with van der Waals surface area (Å²) in [5.74, 6) is -1.13. The normalized spacial score (nSPS) is 11.1. The van der Waals surface area contributed by atoms with Gasteiger partial charge in [-0.3, -0.25) is 20.2 Å². The smallest absolute Gasteiger partial charge is 0.348 e. The number of nitro groups is 1. The molecule has 0 bridgehead atoms. The number of hydrogen-bond acceptors (Lipinski definition) is 8. The molecule has 1 aromatic carbocycles. The van der Waals surface area contributed by atoms with Crippen LogP contribution < -0.4 is 11.1 Å². The number of amides is 1. The molecule has 2 rings (SSSR count). The Morgan fingerprint density at radius 1 is 1.35 bits per heavy atom. The number of hydrogen-bond donors (Lipinski definition) is 2. The second-order valence-corrected chi connectivity index (χ2v) is 7.40. The molecule has 0 fully saturated rings. The van der Waals surface area contributed by atoms with Crippen LogP contribution in [0.25, 0.3) is 0 Å². The summed E-state index contributed by atoms with van der Waals surface area (Å²) in [6.45, 7) is 6.70. The van der Waals surface area contributed by atoms with Crippen molar-refractivity contribution in [3.8, 4) is 0 Å². The van der Waals surface area contributed by atoms with E-state index >= 15 is 0 Å². The molecule has 26 heavy (non-hydrogen) atoms. The zero-order valence-electron chi connectivity index (χ0n) is 14.7. The van der Waals surface area contributed by atoms with E-state index in [4.69, 9.17) is 10.5 Å². The highest BCUT2D eigenvalue weighted by molar-refractivity contribution is 7.19. The number of nitrogens with two attached hydrogens (primary N) is 1. The summed E-state index contributed by atoms with van der Waals surface area (Å²) in [6, 6.07) is 4.16. The molecule has 1 aromatic heterocycles. The average Bonchev–Trinajstić information content (AvgIpc) is 2.85. The van der Waals surface area contributed by atoms with Crippen LogP contribution in [0.15, 0.2) is 18.2 Å². The maximum absolute atomic E-state index is 12.3. The highest BCUT2D eigenvalue weighted by atomic mass is 32.1. The minimum absolute atomic E-state index is 0.0774. The first-order valence-corrected chi connectivity index (χ1v) is 8.35. The van der Waals surface area contributed by atoms with Gasteiger partial charge < -0.3 is 10.5 Å². The highest BCUT2D eigenvalue weighted by Gasteiger charge is 2.22. The fraction of sp³-hybridized carbons (Fsp3) is 0.312. The summed E-state index contributed by atoms with van der Waals surface area (Å²) in [5, 5.41) is 13.3. The number of carbonyl (C=O) groups is 2. The maximum Gasteiger partial charge on any atom is 0.348 e. The van der Waals surface area contributed by atoms with Gasteiger partial charge in [-0.05, 0) is 57.2 Å². The number of nitrogens with one attached hydrogen (secondary N) is 1. The van der Waals surface area contributed by atoms with Gasteiger partial charge in [0.2, 0.25) is 0 Å². The van der Waals surface area contributed by atoms with Gasteiger partial charge in [-0.1, -0.05) is 0 Å². The molecule has 0 aliphatic carbocycles. The fourth-order valence-electron chi connectivity index (χ4n) is 2.01. The molecule has 0 unspecified atom stereocenters. The molecule has 0 aliphatic rings. The van der Waals surface area contributed by atoms with Gasteiger partial charge in [-0.15, -0.1) is 0 Å². The Morgan fingerprint density at radius 3 is 2.50 bits per heavy atom. The van der Waals surface area contributed by atoms with Crippen molar-refractivity contribution in [2.45, 2.75) is 33.3 Å². The van der Waals surface area contributed by atoms with Crippen molar-refractivity contribution in [3.05, 3.63) is 45.1 Å². The Morgan fingerprint density at radius 2 is 2.00 bits per heavy atom. The molecule has 1 heterocycles. The molecule has 10 heteroatoms. The van der Waals surface area contributed by atoms with E-state index in [0.717, 1.165) is 11.3 Å². The molecule has 0 spiro atoms. The third-order valence-corrected chi connectivity index (χ3v) is 4.11. The second-order valence-electron chi connectivity index (χ2n) is 6.42. The summed E-state index contributed by atoms with van der Waals surface area (Å²) in [4.78, 5) is 38.6. The Bertz CT molecular complexity index is 885. The Kier molecular flexibility index (Phi) is 5.26. The van der Waals surface area contributed by atoms with Crippen LogP contribution in [0.3, 0.4) is 0 Å². The number of ether oxygens (including phenoxy) is 1. The minimum Gasteiger partial charge on any atom is -0.456 e. The molecule has 2 aromatic rings. The van der Waals surface area contributed by atoms with E-state index in [1.807, 2.05) is 0 Å². The van der Waals surface area contributed by atoms with Gasteiger partial charge in [0.15, 0.2) is 5.13 Å². The molecule has 9 nitrogen and oxygen atoms in total. The van der Waals surface area contributed by atoms with E-state index < -0.39 is 22.4 Å². The Hall–Kier alpha value is -3.01. The Labute approximate surface area is 153 Å². The lowest BCUT2D eigenvalue weighted by Crippen LogP contribution is -2.24. The van der Waals surface area contributed by atoms with Gasteiger partial charge in [0, 0.05) is 5.69 Å². The number of nitrogens with zero attached hydrogens (tertiary/aromatic N) is 2. The van der Waals surface area contributed by atoms with Gasteiger partial charge in [-0.25, -0.2) is 9.78 Å². The predicted molar refractivity (Wildman–Crippen MR) is 97.5 cm³/mol. The lowest BCUT2D eigenvalue weighted by atomic mass is 10.1. The summed E-state index contributed by atoms with van der Waals surface area (Å²) in [5.41, 5.74) is 5.84. The van der Waals surface area contributed by atoms with Crippen molar-refractivity contribution in [2.24, 2.45) is 0 Å². The minimum atomic E-state index is -0.653. The van der Waals surface area contributed by atoms with Crippen LogP contribution in [0.1, 0.15) is 47.2 Å². The van der Waals surface area contributed by atoms with Crippen LogP contribution in [0.4, 0.5) is 15.8 Å². The lowest BCUT2D eigenvalue weighted by Gasteiger charge is -2.19. The molecule has 1 amide bonds. The van der Waals surface area contributed by atoms with Crippen LogP contribution >= 0.6 is 11.3 Å². The van der Waals surface area contributed by atoms with Crippen molar-refractivity contribution in [1.29, 1.82) is 0 Å². The van der Waals surface area contributed by atoms with E-state index in [0.29, 0.717) is 0 Å². The summed E-state index contributed by atoms with van der Waals surface area (Å²) in [7, 11) is 0. The van der Waals surface area contributed by atoms with Crippen LogP contribution in [-0.2, 0) is 4.74 Å². The topological polar surface area (TPSA) is 137 Å². The fourth-order valence-corrected chi connectivity index (χ4v) is 2.79. The number of aryl methyl sites for hydroxylation is 1. The van der Waals surface area contributed by atoms with E-state index in [-0.39, 0.29) is 32.6 Å². The van der Waals surface area contributed by atoms with E-state index in [2.05, 4.69) is 10.3 Å². The zero-order chi connectivity index (χ0) is 19.6. The third kappa shape index (κ3) is 4.54. The van der Waals surface area contributed by atoms with E-state index in [1.165, 1.54) is 25.1 Å². The van der Waals surface area contributed by atoms with Gasteiger partial charge in [-0.2, -0.15) is 0 Å². The van der Waals surface area contributed by atoms with Crippen LogP contribution in [0.5, 0.6) is 0 Å². The summed E-state index contributed by atoms with van der Waals surface area (Å²) in [6.07, 6.45) is 0. The number of thiazole rings is 1. The molecule has 0 radical (unpaired) electrons. The van der Waals surface area contributed by atoms with Crippen molar-refractivity contribution in [2.75, 3.05) is 11.1 Å². The maximum atomic E-state index is 12.3. The number of aromatic nitrogens is 1. The molecule has 138 valence electrons. The van der Waals surface area contributed by atoms with Crippen molar-refractivity contribution in [3.63, 3.8) is 0 Å². The number of nitrogen functional groups attached to an aromatic ring is 1. The van der Waals surface area contributed by atoms with E-state index in [1.54, 1.807) is 20.8 Å². The molecular weight excluding hydrogens is 360 g/mol. The van der Waals surface area contributed by atoms with Crippen LogP contribution in [0, 0.1) is 17.0 Å². The Balaban J connectivity index is 2.18. The number of anilines is 2. The lowest BCUT2D eigenvalue weighted by molar-refractivity contribution is -0.380. The number of esters is 1. The number of carbonyl (C=O) groups excluding carboxylic acids is 2. The first-order valence-electron chi connectivity index (χ1n) is 7.54.